The molecule has 6 heteroatoms. The quantitative estimate of drug-likeness (QED) is 0.529. The summed E-state index contributed by atoms with van der Waals surface area (Å²) in [7, 11) is 5.77. The molecule has 1 aliphatic heterocycles. The van der Waals surface area contributed by atoms with Gasteiger partial charge in [0, 0.05) is 11.3 Å². The summed E-state index contributed by atoms with van der Waals surface area (Å²) >= 11 is 0. The number of hydrogen-bond donors (Lipinski definition) is 3. The number of nitrogens with zero attached hydrogens (tertiary/aromatic N) is 2. The Morgan fingerprint density at radius 1 is 1.42 bits per heavy atom. The number of nitrogens with one attached hydrogen (secondary N) is 2. The van der Waals surface area contributed by atoms with Crippen molar-refractivity contribution in [3.63, 3.8) is 0 Å². The van der Waals surface area contributed by atoms with Gasteiger partial charge < -0.3 is 14.9 Å². The zero-order valence-electron chi connectivity index (χ0n) is 11.3. The van der Waals surface area contributed by atoms with Crippen molar-refractivity contribution in [1.29, 1.82) is 0 Å². The topological polar surface area (TPSA) is 73.7 Å². The number of aliphatic hydroxyl groups is 1. The fourth-order valence-electron chi connectivity index (χ4n) is 1.91. The molecule has 19 heavy (non-hydrogen) atoms. The van der Waals surface area contributed by atoms with Crippen LogP contribution in [0.5, 0.6) is 0 Å². The van der Waals surface area contributed by atoms with Gasteiger partial charge in [0.25, 0.3) is 5.91 Å². The summed E-state index contributed by atoms with van der Waals surface area (Å²) in [5.41, 5.74) is 4.54. The monoisotopic (exact) mass is 263 g/mol. The highest BCUT2D eigenvalue weighted by Gasteiger charge is 2.26. The zero-order valence-corrected chi connectivity index (χ0v) is 11.3. The molecule has 0 saturated heterocycles. The number of quaternary nitrogens is 1. The third kappa shape index (κ3) is 3.30. The van der Waals surface area contributed by atoms with Crippen molar-refractivity contribution in [2.24, 2.45) is 5.10 Å². The number of para-hydroxylation sites is 1. The van der Waals surface area contributed by atoms with E-state index >= 15 is 0 Å². The molecule has 0 radical (unpaired) electrons. The lowest BCUT2D eigenvalue weighted by Gasteiger charge is -2.22. The summed E-state index contributed by atoms with van der Waals surface area (Å²) in [6.45, 7) is 0.321. The highest BCUT2D eigenvalue weighted by molar-refractivity contribution is 6.12. The number of amides is 1. The van der Waals surface area contributed by atoms with Gasteiger partial charge in [0.1, 0.15) is 5.71 Å². The van der Waals surface area contributed by atoms with Crippen LogP contribution in [-0.2, 0) is 4.79 Å². The van der Waals surface area contributed by atoms with E-state index in [2.05, 4.69) is 15.8 Å². The lowest BCUT2D eigenvalue weighted by Crippen LogP contribution is -2.43. The van der Waals surface area contributed by atoms with Crippen LogP contribution in [-0.4, -0.2) is 55.1 Å². The average Bonchev–Trinajstić information content (AvgIpc) is 2.60. The number of likely N-dealkylation sites (N-methyl/N-ethyl adjacent to an activating group) is 1. The highest BCUT2D eigenvalue weighted by Crippen LogP contribution is 2.24. The molecule has 1 aliphatic rings. The SMILES string of the molecule is C[N+](C)(C)CC(=O)NN=C1c2ccccc2N[C@@H]1O. The van der Waals surface area contributed by atoms with Crippen molar-refractivity contribution >= 4 is 17.3 Å². The van der Waals surface area contributed by atoms with Gasteiger partial charge in [-0.3, -0.25) is 4.79 Å². The van der Waals surface area contributed by atoms with Gasteiger partial charge in [0.05, 0.1) is 21.1 Å². The number of carbonyl (C=O) groups excluding carboxylic acids is 1. The lowest BCUT2D eigenvalue weighted by molar-refractivity contribution is -0.862. The molecule has 0 aromatic heterocycles. The summed E-state index contributed by atoms with van der Waals surface area (Å²) in [6.07, 6.45) is -0.887. The molecule has 0 bridgehead atoms. The number of hydrogen-bond acceptors (Lipinski definition) is 4. The number of anilines is 1. The molecule has 1 aromatic rings. The first-order valence-corrected chi connectivity index (χ1v) is 6.08. The van der Waals surface area contributed by atoms with Gasteiger partial charge in [0.15, 0.2) is 12.8 Å². The number of rotatable bonds is 3. The molecule has 0 aliphatic carbocycles. The van der Waals surface area contributed by atoms with Gasteiger partial charge in [-0.1, -0.05) is 18.2 Å². The Morgan fingerprint density at radius 2 is 2.11 bits per heavy atom. The predicted octanol–water partition coefficient (Wildman–Crippen LogP) is -0.0430. The van der Waals surface area contributed by atoms with Crippen LogP contribution in [0.25, 0.3) is 0 Å². The van der Waals surface area contributed by atoms with Crippen LogP contribution in [0.1, 0.15) is 5.56 Å². The Balaban J connectivity index is 2.10. The van der Waals surface area contributed by atoms with E-state index in [4.69, 9.17) is 0 Å². The minimum absolute atomic E-state index is 0.184. The van der Waals surface area contributed by atoms with E-state index in [1.807, 2.05) is 45.4 Å². The van der Waals surface area contributed by atoms with Gasteiger partial charge in [-0.25, -0.2) is 5.43 Å². The molecule has 0 saturated carbocycles. The molecular weight excluding hydrogens is 244 g/mol. The van der Waals surface area contributed by atoms with Crippen LogP contribution in [0.15, 0.2) is 29.4 Å². The van der Waals surface area contributed by atoms with Crippen molar-refractivity contribution in [3.8, 4) is 0 Å². The third-order valence-corrected chi connectivity index (χ3v) is 2.67. The van der Waals surface area contributed by atoms with Gasteiger partial charge in [-0.15, -0.1) is 0 Å². The second-order valence-corrected chi connectivity index (χ2v) is 5.57. The zero-order chi connectivity index (χ0) is 14.0. The van der Waals surface area contributed by atoms with Crippen LogP contribution in [0.4, 0.5) is 5.69 Å². The Labute approximate surface area is 112 Å². The van der Waals surface area contributed by atoms with Crippen LogP contribution in [0, 0.1) is 0 Å². The predicted molar refractivity (Wildman–Crippen MR) is 73.7 cm³/mol. The first-order valence-electron chi connectivity index (χ1n) is 6.08. The van der Waals surface area contributed by atoms with E-state index in [-0.39, 0.29) is 5.91 Å². The van der Waals surface area contributed by atoms with E-state index in [9.17, 15) is 9.90 Å². The number of hydrazone groups is 1. The van der Waals surface area contributed by atoms with E-state index in [0.29, 0.717) is 16.7 Å². The Hall–Kier alpha value is -1.92. The first kappa shape index (κ1) is 13.5. The molecule has 0 fully saturated rings. The van der Waals surface area contributed by atoms with Crippen LogP contribution in [0.3, 0.4) is 0 Å². The summed E-state index contributed by atoms with van der Waals surface area (Å²) in [5, 5.41) is 16.8. The van der Waals surface area contributed by atoms with Crippen molar-refractivity contribution in [3.05, 3.63) is 29.8 Å². The lowest BCUT2D eigenvalue weighted by atomic mass is 10.1. The summed E-state index contributed by atoms with van der Waals surface area (Å²) in [4.78, 5) is 11.7. The first-order chi connectivity index (χ1) is 8.87. The molecule has 3 N–H and O–H groups in total. The smallest absolute Gasteiger partial charge is 0.295 e. The Bertz CT molecular complexity index is 520. The van der Waals surface area contributed by atoms with Gasteiger partial charge in [-0.2, -0.15) is 5.10 Å². The van der Waals surface area contributed by atoms with Gasteiger partial charge in [-0.05, 0) is 6.07 Å². The van der Waals surface area contributed by atoms with E-state index in [1.54, 1.807) is 0 Å². The number of aliphatic hydroxyl groups excluding tert-OH is 1. The second kappa shape index (κ2) is 4.99. The second-order valence-electron chi connectivity index (χ2n) is 5.57. The molecule has 2 rings (SSSR count). The highest BCUT2D eigenvalue weighted by atomic mass is 16.3. The van der Waals surface area contributed by atoms with Gasteiger partial charge >= 0.3 is 0 Å². The maximum absolute atomic E-state index is 11.7. The largest absolute Gasteiger partial charge is 0.368 e. The van der Waals surface area contributed by atoms with Crippen LogP contribution < -0.4 is 10.7 Å². The minimum atomic E-state index is -0.887. The van der Waals surface area contributed by atoms with Crippen LogP contribution >= 0.6 is 0 Å². The molecule has 6 nitrogen and oxygen atoms in total. The minimum Gasteiger partial charge on any atom is -0.368 e. The number of benzene rings is 1. The molecule has 1 heterocycles. The van der Waals surface area contributed by atoms with Crippen molar-refractivity contribution in [2.45, 2.75) is 6.23 Å². The third-order valence-electron chi connectivity index (χ3n) is 2.67. The fourth-order valence-corrected chi connectivity index (χ4v) is 1.91. The van der Waals surface area contributed by atoms with Crippen molar-refractivity contribution < 1.29 is 14.4 Å². The van der Waals surface area contributed by atoms with Crippen molar-refractivity contribution in [2.75, 3.05) is 33.0 Å². The van der Waals surface area contributed by atoms with Crippen molar-refractivity contribution in [1.82, 2.24) is 5.43 Å². The molecule has 1 amide bonds. The average molecular weight is 263 g/mol. The van der Waals surface area contributed by atoms with Crippen LogP contribution in [0.2, 0.25) is 0 Å². The maximum atomic E-state index is 11.7. The normalized spacial score (nSPS) is 20.0. The molecule has 0 spiro atoms. The molecule has 102 valence electrons. The maximum Gasteiger partial charge on any atom is 0.295 e. The summed E-state index contributed by atoms with van der Waals surface area (Å²) in [6, 6.07) is 7.44. The molecular formula is C13H19N4O2+. The van der Waals surface area contributed by atoms with E-state index in [1.165, 1.54) is 0 Å². The van der Waals surface area contributed by atoms with E-state index in [0.717, 1.165) is 11.3 Å². The number of fused-ring (bicyclic) bond motifs is 1. The number of carbonyl (C=O) groups is 1. The standard InChI is InChI=1S/C13H18N4O2/c1-17(2,3)8-11(18)15-16-12-9-6-4-5-7-10(9)14-13(12)19/h4-7,13,19H,8H2,1-3H3,(H-,14,15,16,18)/p+1/t13-/m1/s1. The molecule has 0 unspecified atom stereocenters. The molecule has 1 aromatic carbocycles. The summed E-state index contributed by atoms with van der Waals surface area (Å²) < 4.78 is 0.522. The van der Waals surface area contributed by atoms with E-state index < -0.39 is 6.23 Å². The van der Waals surface area contributed by atoms with Gasteiger partial charge in [0.2, 0.25) is 0 Å². The Kier molecular flexibility index (Phi) is 3.55. The molecule has 1 atom stereocenters. The summed E-state index contributed by atoms with van der Waals surface area (Å²) in [5.74, 6) is -0.184. The Morgan fingerprint density at radius 3 is 2.79 bits per heavy atom. The fraction of sp³-hybridized carbons (Fsp3) is 0.385.